The zero-order valence-electron chi connectivity index (χ0n) is 11.2. The van der Waals surface area contributed by atoms with Gasteiger partial charge in [-0.3, -0.25) is 4.79 Å². The molecule has 1 N–H and O–H groups in total. The number of hydrogen-bond donors (Lipinski definition) is 1. The number of halogens is 1. The van der Waals surface area contributed by atoms with Crippen molar-refractivity contribution in [3.8, 4) is 0 Å². The fourth-order valence-electron chi connectivity index (χ4n) is 3.15. The lowest BCUT2D eigenvalue weighted by atomic mass is 9.91. The van der Waals surface area contributed by atoms with Crippen LogP contribution in [0.3, 0.4) is 0 Å². The van der Waals surface area contributed by atoms with Gasteiger partial charge in [-0.15, -0.1) is 12.4 Å². The van der Waals surface area contributed by atoms with Gasteiger partial charge in [-0.25, -0.2) is 0 Å². The van der Waals surface area contributed by atoms with Gasteiger partial charge in [0, 0.05) is 18.5 Å². The van der Waals surface area contributed by atoms with E-state index in [0.29, 0.717) is 23.3 Å². The van der Waals surface area contributed by atoms with Crippen LogP contribution in [0.4, 0.5) is 0 Å². The van der Waals surface area contributed by atoms with Gasteiger partial charge in [0.05, 0.1) is 0 Å². The molecular weight excluding hydrogens is 236 g/mol. The van der Waals surface area contributed by atoms with Gasteiger partial charge in [-0.2, -0.15) is 0 Å². The van der Waals surface area contributed by atoms with Crippen molar-refractivity contribution < 1.29 is 4.79 Å². The van der Waals surface area contributed by atoms with Gasteiger partial charge < -0.3 is 10.2 Å². The maximum Gasteiger partial charge on any atom is 0.226 e. The van der Waals surface area contributed by atoms with Crippen LogP contribution in [0.15, 0.2) is 0 Å². The van der Waals surface area contributed by atoms with Crippen molar-refractivity contribution in [2.24, 2.45) is 11.3 Å². The third-order valence-electron chi connectivity index (χ3n) is 4.33. The fraction of sp³-hybridized carbons (Fsp3) is 0.923. The lowest BCUT2D eigenvalue weighted by Crippen LogP contribution is -2.40. The summed E-state index contributed by atoms with van der Waals surface area (Å²) >= 11 is 0. The lowest BCUT2D eigenvalue weighted by molar-refractivity contribution is -0.135. The minimum absolute atomic E-state index is 0. The monoisotopic (exact) mass is 260 g/mol. The van der Waals surface area contributed by atoms with Crippen molar-refractivity contribution in [1.82, 2.24) is 10.2 Å². The second-order valence-electron chi connectivity index (χ2n) is 5.59. The van der Waals surface area contributed by atoms with Gasteiger partial charge in [-0.05, 0) is 58.5 Å². The number of rotatable bonds is 3. The van der Waals surface area contributed by atoms with Crippen molar-refractivity contribution in [1.29, 1.82) is 0 Å². The number of amides is 1. The van der Waals surface area contributed by atoms with Crippen LogP contribution in [0.25, 0.3) is 0 Å². The van der Waals surface area contributed by atoms with Crippen LogP contribution in [0, 0.1) is 11.3 Å². The van der Waals surface area contributed by atoms with E-state index in [1.165, 1.54) is 12.8 Å². The molecule has 4 heteroatoms. The molecule has 1 unspecified atom stereocenters. The molecule has 2 rings (SSSR count). The SMILES string of the molecule is CCN(C(=O)C1CC12CCNCC2)C(C)C.Cl. The zero-order chi connectivity index (χ0) is 11.8. The van der Waals surface area contributed by atoms with E-state index < -0.39 is 0 Å². The molecule has 0 radical (unpaired) electrons. The number of hydrogen-bond acceptors (Lipinski definition) is 2. The van der Waals surface area contributed by atoms with E-state index in [1.54, 1.807) is 0 Å². The van der Waals surface area contributed by atoms with Crippen molar-refractivity contribution >= 4 is 18.3 Å². The van der Waals surface area contributed by atoms with Crippen LogP contribution < -0.4 is 5.32 Å². The second-order valence-corrected chi connectivity index (χ2v) is 5.59. The van der Waals surface area contributed by atoms with E-state index in [0.717, 1.165) is 26.1 Å². The lowest BCUT2D eigenvalue weighted by Gasteiger charge is -2.28. The highest BCUT2D eigenvalue weighted by molar-refractivity contribution is 5.85. The minimum Gasteiger partial charge on any atom is -0.340 e. The maximum atomic E-state index is 12.4. The van der Waals surface area contributed by atoms with E-state index in [1.807, 2.05) is 4.90 Å². The Balaban J connectivity index is 0.00000144. The third kappa shape index (κ3) is 2.76. The molecule has 1 aliphatic carbocycles. The molecule has 1 aliphatic heterocycles. The van der Waals surface area contributed by atoms with Gasteiger partial charge in [0.15, 0.2) is 0 Å². The van der Waals surface area contributed by atoms with E-state index >= 15 is 0 Å². The summed E-state index contributed by atoms with van der Waals surface area (Å²) in [5, 5.41) is 3.38. The summed E-state index contributed by atoms with van der Waals surface area (Å²) < 4.78 is 0. The molecule has 1 spiro atoms. The van der Waals surface area contributed by atoms with Crippen LogP contribution >= 0.6 is 12.4 Å². The molecule has 1 heterocycles. The van der Waals surface area contributed by atoms with E-state index in [2.05, 4.69) is 26.1 Å². The van der Waals surface area contributed by atoms with E-state index in [-0.39, 0.29) is 12.4 Å². The topological polar surface area (TPSA) is 32.3 Å². The number of carbonyl (C=O) groups is 1. The second kappa shape index (κ2) is 5.57. The van der Waals surface area contributed by atoms with Crippen molar-refractivity contribution in [2.75, 3.05) is 19.6 Å². The predicted molar refractivity (Wildman–Crippen MR) is 72.4 cm³/mol. The van der Waals surface area contributed by atoms with Gasteiger partial charge in [0.1, 0.15) is 0 Å². The Bertz CT molecular complexity index is 275. The van der Waals surface area contributed by atoms with Gasteiger partial charge >= 0.3 is 0 Å². The maximum absolute atomic E-state index is 12.4. The average Bonchev–Trinajstić information content (AvgIpc) is 2.93. The Morgan fingerprint density at radius 1 is 1.41 bits per heavy atom. The summed E-state index contributed by atoms with van der Waals surface area (Å²) in [7, 11) is 0. The van der Waals surface area contributed by atoms with Crippen LogP contribution in [0.2, 0.25) is 0 Å². The molecule has 17 heavy (non-hydrogen) atoms. The molecule has 0 aromatic heterocycles. The van der Waals surface area contributed by atoms with Crippen molar-refractivity contribution in [3.05, 3.63) is 0 Å². The Morgan fingerprint density at radius 2 is 2.00 bits per heavy atom. The Hall–Kier alpha value is -0.280. The van der Waals surface area contributed by atoms with Crippen LogP contribution in [0.1, 0.15) is 40.0 Å². The fourth-order valence-corrected chi connectivity index (χ4v) is 3.15. The Kier molecular flexibility index (Phi) is 4.85. The number of nitrogens with zero attached hydrogens (tertiary/aromatic N) is 1. The summed E-state index contributed by atoms with van der Waals surface area (Å²) in [6.07, 6.45) is 3.52. The number of carbonyl (C=O) groups excluding carboxylic acids is 1. The number of piperidine rings is 1. The predicted octanol–water partition coefficient (Wildman–Crippen LogP) is 2.05. The molecule has 1 atom stereocenters. The minimum atomic E-state index is 0. The van der Waals surface area contributed by atoms with Crippen molar-refractivity contribution in [2.45, 2.75) is 46.1 Å². The molecule has 0 aromatic rings. The Labute approximate surface area is 111 Å². The molecule has 0 aromatic carbocycles. The van der Waals surface area contributed by atoms with E-state index in [9.17, 15) is 4.79 Å². The first-order chi connectivity index (χ1) is 7.60. The highest BCUT2D eigenvalue weighted by Crippen LogP contribution is 2.59. The van der Waals surface area contributed by atoms with Gasteiger partial charge in [0.2, 0.25) is 5.91 Å². The van der Waals surface area contributed by atoms with Crippen molar-refractivity contribution in [3.63, 3.8) is 0 Å². The zero-order valence-corrected chi connectivity index (χ0v) is 12.0. The van der Waals surface area contributed by atoms with Gasteiger partial charge in [-0.1, -0.05) is 0 Å². The molecule has 2 aliphatic rings. The first kappa shape index (κ1) is 14.8. The quantitative estimate of drug-likeness (QED) is 0.843. The first-order valence-corrected chi connectivity index (χ1v) is 6.62. The summed E-state index contributed by atoms with van der Waals surface area (Å²) in [6, 6.07) is 0.344. The molecular formula is C13H25ClN2O. The molecule has 1 amide bonds. The smallest absolute Gasteiger partial charge is 0.226 e. The molecule has 2 fully saturated rings. The summed E-state index contributed by atoms with van der Waals surface area (Å²) in [6.45, 7) is 9.34. The number of nitrogens with one attached hydrogen (secondary N) is 1. The van der Waals surface area contributed by atoms with Crippen LogP contribution in [-0.4, -0.2) is 36.5 Å². The van der Waals surface area contributed by atoms with Gasteiger partial charge in [0.25, 0.3) is 0 Å². The summed E-state index contributed by atoms with van der Waals surface area (Å²) in [5.74, 6) is 0.733. The first-order valence-electron chi connectivity index (χ1n) is 6.62. The summed E-state index contributed by atoms with van der Waals surface area (Å²) in [5.41, 5.74) is 0.380. The van der Waals surface area contributed by atoms with E-state index in [4.69, 9.17) is 0 Å². The molecule has 1 saturated carbocycles. The van der Waals surface area contributed by atoms with Crippen LogP contribution in [0.5, 0.6) is 0 Å². The highest BCUT2D eigenvalue weighted by atomic mass is 35.5. The molecule has 3 nitrogen and oxygen atoms in total. The largest absolute Gasteiger partial charge is 0.340 e. The van der Waals surface area contributed by atoms with Crippen LogP contribution in [-0.2, 0) is 4.79 Å². The standard InChI is InChI=1S/C13H24N2O.ClH/c1-4-15(10(2)3)12(16)11-9-13(11)5-7-14-8-6-13;/h10-11,14H,4-9H2,1-3H3;1H. The molecule has 100 valence electrons. The summed E-state index contributed by atoms with van der Waals surface area (Å²) in [4.78, 5) is 14.4. The molecule has 0 bridgehead atoms. The highest BCUT2D eigenvalue weighted by Gasteiger charge is 2.58. The average molecular weight is 261 g/mol. The Morgan fingerprint density at radius 3 is 2.47 bits per heavy atom. The normalized spacial score (nSPS) is 25.5. The molecule has 1 saturated heterocycles. The third-order valence-corrected chi connectivity index (χ3v) is 4.33.